The summed E-state index contributed by atoms with van der Waals surface area (Å²) < 4.78 is 0. The Labute approximate surface area is 115 Å². The normalized spacial score (nSPS) is 10.2. The molecular weight excluding hydrogens is 271 g/mol. The van der Waals surface area contributed by atoms with Gasteiger partial charge in [-0.15, -0.1) is 0 Å². The Bertz CT molecular complexity index is 525. The fourth-order valence-corrected chi connectivity index (χ4v) is 1.97. The number of anilines is 3. The molecule has 0 atom stereocenters. The molecule has 0 aliphatic carbocycles. The maximum Gasteiger partial charge on any atom is 0.224 e. The second kappa shape index (κ2) is 5.89. The molecule has 0 aliphatic rings. The Morgan fingerprint density at radius 1 is 1.17 bits per heavy atom. The van der Waals surface area contributed by atoms with Gasteiger partial charge >= 0.3 is 0 Å². The van der Waals surface area contributed by atoms with Crippen molar-refractivity contribution in [3.63, 3.8) is 0 Å². The summed E-state index contributed by atoms with van der Waals surface area (Å²) in [5.74, 6) is 1.26. The molecule has 1 aromatic carbocycles. The van der Waals surface area contributed by atoms with E-state index in [1.54, 1.807) is 30.5 Å². The van der Waals surface area contributed by atoms with Gasteiger partial charge in [0.1, 0.15) is 5.82 Å². The third-order valence-corrected chi connectivity index (χ3v) is 2.56. The van der Waals surface area contributed by atoms with Crippen LogP contribution in [0.3, 0.4) is 0 Å². The van der Waals surface area contributed by atoms with Crippen molar-refractivity contribution in [2.75, 3.05) is 17.2 Å². The highest BCUT2D eigenvalue weighted by atomic mass is 35.5. The number of hydrogen-bond donors (Lipinski definition) is 2. The van der Waals surface area contributed by atoms with Gasteiger partial charge in [0.05, 0.1) is 0 Å². The summed E-state index contributed by atoms with van der Waals surface area (Å²) in [6, 6.07) is 7.01. The lowest BCUT2D eigenvalue weighted by atomic mass is 10.3. The first kappa shape index (κ1) is 12.9. The summed E-state index contributed by atoms with van der Waals surface area (Å²) in [5, 5.41) is 7.32. The summed E-state index contributed by atoms with van der Waals surface area (Å²) in [5.41, 5.74) is 0.786. The maximum absolute atomic E-state index is 5.93. The quantitative estimate of drug-likeness (QED) is 0.891. The van der Waals surface area contributed by atoms with Crippen LogP contribution in [0.4, 0.5) is 17.5 Å². The number of nitrogens with one attached hydrogen (secondary N) is 2. The lowest BCUT2D eigenvalue weighted by Crippen LogP contribution is -2.03. The molecule has 0 spiro atoms. The fraction of sp³-hybridized carbons (Fsp3) is 0.167. The third kappa shape index (κ3) is 3.48. The molecule has 0 saturated heterocycles. The Morgan fingerprint density at radius 3 is 2.56 bits per heavy atom. The molecule has 0 fully saturated rings. The number of nitrogens with zero attached hydrogens (tertiary/aromatic N) is 2. The van der Waals surface area contributed by atoms with E-state index in [1.165, 1.54) is 0 Å². The van der Waals surface area contributed by atoms with E-state index >= 15 is 0 Å². The zero-order valence-corrected chi connectivity index (χ0v) is 11.3. The van der Waals surface area contributed by atoms with Gasteiger partial charge in [0.15, 0.2) is 0 Å². The molecule has 1 aromatic heterocycles. The molecule has 0 bridgehead atoms. The minimum absolute atomic E-state index is 0.575. The van der Waals surface area contributed by atoms with Gasteiger partial charge in [0, 0.05) is 28.5 Å². The molecular formula is C12H12Cl2N4. The van der Waals surface area contributed by atoms with Crippen LogP contribution in [0, 0.1) is 0 Å². The molecule has 2 rings (SSSR count). The van der Waals surface area contributed by atoms with E-state index in [9.17, 15) is 0 Å². The molecule has 0 unspecified atom stereocenters. The lowest BCUT2D eigenvalue weighted by molar-refractivity contribution is 1.09. The van der Waals surface area contributed by atoms with Gasteiger partial charge in [-0.2, -0.15) is 4.98 Å². The molecule has 0 radical (unpaired) electrons. The Kier molecular flexibility index (Phi) is 4.23. The summed E-state index contributed by atoms with van der Waals surface area (Å²) in [6.45, 7) is 2.76. The first-order valence-electron chi connectivity index (χ1n) is 5.47. The van der Waals surface area contributed by atoms with Crippen LogP contribution in [0.25, 0.3) is 0 Å². The van der Waals surface area contributed by atoms with E-state index in [4.69, 9.17) is 23.2 Å². The molecule has 94 valence electrons. The smallest absolute Gasteiger partial charge is 0.224 e. The highest BCUT2D eigenvalue weighted by Crippen LogP contribution is 2.24. The monoisotopic (exact) mass is 282 g/mol. The van der Waals surface area contributed by atoms with E-state index in [0.717, 1.165) is 12.2 Å². The van der Waals surface area contributed by atoms with Crippen molar-refractivity contribution >= 4 is 40.7 Å². The van der Waals surface area contributed by atoms with Crippen LogP contribution in [-0.4, -0.2) is 16.5 Å². The third-order valence-electron chi connectivity index (χ3n) is 2.13. The van der Waals surface area contributed by atoms with Crippen molar-refractivity contribution in [2.45, 2.75) is 6.92 Å². The van der Waals surface area contributed by atoms with Gasteiger partial charge in [-0.05, 0) is 31.2 Å². The van der Waals surface area contributed by atoms with Crippen molar-refractivity contribution in [2.24, 2.45) is 0 Å². The number of halogens is 2. The second-order valence-corrected chi connectivity index (χ2v) is 4.45. The predicted octanol–water partition coefficient (Wildman–Crippen LogP) is 3.96. The van der Waals surface area contributed by atoms with E-state index in [1.807, 2.05) is 6.92 Å². The Balaban J connectivity index is 2.20. The fourth-order valence-electron chi connectivity index (χ4n) is 1.45. The summed E-state index contributed by atoms with van der Waals surface area (Å²) in [7, 11) is 0. The molecule has 0 aliphatic heterocycles. The van der Waals surface area contributed by atoms with Crippen molar-refractivity contribution in [3.05, 3.63) is 40.5 Å². The first-order valence-corrected chi connectivity index (χ1v) is 6.23. The summed E-state index contributed by atoms with van der Waals surface area (Å²) in [6.07, 6.45) is 1.68. The van der Waals surface area contributed by atoms with Crippen LogP contribution in [0.5, 0.6) is 0 Å². The highest BCUT2D eigenvalue weighted by molar-refractivity contribution is 6.35. The van der Waals surface area contributed by atoms with Gasteiger partial charge in [0.2, 0.25) is 5.95 Å². The lowest BCUT2D eigenvalue weighted by Gasteiger charge is -2.08. The van der Waals surface area contributed by atoms with Crippen molar-refractivity contribution in [3.8, 4) is 0 Å². The topological polar surface area (TPSA) is 49.8 Å². The Morgan fingerprint density at radius 2 is 1.89 bits per heavy atom. The maximum atomic E-state index is 5.93. The SMILES string of the molecule is CCNc1nccc(Nc2cc(Cl)cc(Cl)c2)n1. The van der Waals surface area contributed by atoms with Crippen LogP contribution in [-0.2, 0) is 0 Å². The van der Waals surface area contributed by atoms with Crippen molar-refractivity contribution in [1.29, 1.82) is 0 Å². The summed E-state index contributed by atoms with van der Waals surface area (Å²) in [4.78, 5) is 8.39. The van der Waals surface area contributed by atoms with Crippen molar-refractivity contribution < 1.29 is 0 Å². The molecule has 0 saturated carbocycles. The largest absolute Gasteiger partial charge is 0.354 e. The minimum atomic E-state index is 0.575. The predicted molar refractivity (Wildman–Crippen MR) is 75.9 cm³/mol. The zero-order chi connectivity index (χ0) is 13.0. The van der Waals surface area contributed by atoms with Crippen LogP contribution in [0.1, 0.15) is 6.92 Å². The van der Waals surface area contributed by atoms with Crippen LogP contribution >= 0.6 is 23.2 Å². The van der Waals surface area contributed by atoms with Crippen LogP contribution in [0.2, 0.25) is 10.0 Å². The zero-order valence-electron chi connectivity index (χ0n) is 9.74. The minimum Gasteiger partial charge on any atom is -0.354 e. The van der Waals surface area contributed by atoms with Gasteiger partial charge < -0.3 is 10.6 Å². The van der Waals surface area contributed by atoms with E-state index in [0.29, 0.717) is 21.8 Å². The second-order valence-electron chi connectivity index (χ2n) is 3.58. The molecule has 4 nitrogen and oxygen atoms in total. The van der Waals surface area contributed by atoms with E-state index in [-0.39, 0.29) is 0 Å². The number of aromatic nitrogens is 2. The average molecular weight is 283 g/mol. The number of rotatable bonds is 4. The van der Waals surface area contributed by atoms with E-state index in [2.05, 4.69) is 20.6 Å². The number of hydrogen-bond acceptors (Lipinski definition) is 4. The van der Waals surface area contributed by atoms with Gasteiger partial charge in [-0.1, -0.05) is 23.2 Å². The van der Waals surface area contributed by atoms with Gasteiger partial charge in [0.25, 0.3) is 0 Å². The molecule has 1 heterocycles. The van der Waals surface area contributed by atoms with E-state index < -0.39 is 0 Å². The average Bonchev–Trinajstić information content (AvgIpc) is 2.28. The first-order chi connectivity index (χ1) is 8.67. The van der Waals surface area contributed by atoms with Crippen LogP contribution in [0.15, 0.2) is 30.5 Å². The molecule has 2 aromatic rings. The molecule has 18 heavy (non-hydrogen) atoms. The highest BCUT2D eigenvalue weighted by Gasteiger charge is 2.01. The van der Waals surface area contributed by atoms with Gasteiger partial charge in [-0.3, -0.25) is 0 Å². The Hall–Kier alpha value is -1.52. The molecule has 6 heteroatoms. The number of benzene rings is 1. The molecule has 0 amide bonds. The van der Waals surface area contributed by atoms with Crippen molar-refractivity contribution in [1.82, 2.24) is 9.97 Å². The standard InChI is InChI=1S/C12H12Cl2N4/c1-2-15-12-16-4-3-11(18-12)17-10-6-8(13)5-9(14)7-10/h3-7H,2H2,1H3,(H2,15,16,17,18). The molecule has 2 N–H and O–H groups in total. The summed E-state index contributed by atoms with van der Waals surface area (Å²) >= 11 is 11.9. The van der Waals surface area contributed by atoms with Crippen LogP contribution < -0.4 is 10.6 Å². The van der Waals surface area contributed by atoms with Gasteiger partial charge in [-0.25, -0.2) is 4.98 Å².